The largest absolute Gasteiger partial charge is 0.491 e. The third-order valence-electron chi connectivity index (χ3n) is 7.68. The maximum Gasteiger partial charge on any atom is 0.338 e. The first kappa shape index (κ1) is 33.5. The molecule has 0 spiro atoms. The number of hydrogen-bond acceptors (Lipinski definition) is 8. The van der Waals surface area contributed by atoms with Crippen molar-refractivity contribution in [3.05, 3.63) is 155 Å². The van der Waals surface area contributed by atoms with Gasteiger partial charge in [0.1, 0.15) is 18.1 Å². The predicted molar refractivity (Wildman–Crippen MR) is 190 cm³/mol. The molecule has 6 rings (SSSR count). The van der Waals surface area contributed by atoms with E-state index in [1.165, 1.54) is 11.3 Å². The third-order valence-corrected chi connectivity index (χ3v) is 8.90. The number of benzene rings is 4. The summed E-state index contributed by atoms with van der Waals surface area (Å²) in [7, 11) is 0. The summed E-state index contributed by atoms with van der Waals surface area (Å²) >= 11 is 7.63. The molecule has 0 unspecified atom stereocenters. The smallest absolute Gasteiger partial charge is 0.338 e. The highest BCUT2D eigenvalue weighted by molar-refractivity contribution is 7.07. The number of esters is 1. The Labute approximate surface area is 292 Å². The van der Waals surface area contributed by atoms with E-state index in [1.54, 1.807) is 47.9 Å². The van der Waals surface area contributed by atoms with Crippen molar-refractivity contribution in [2.75, 3.05) is 6.61 Å². The Morgan fingerprint density at radius 1 is 1.04 bits per heavy atom. The lowest BCUT2D eigenvalue weighted by molar-refractivity contribution is -0.138. The Hall–Kier alpha value is -5.43. The van der Waals surface area contributed by atoms with E-state index in [2.05, 4.69) is 6.07 Å². The lowest BCUT2D eigenvalue weighted by atomic mass is 9.93. The van der Waals surface area contributed by atoms with E-state index in [9.17, 15) is 9.59 Å². The van der Waals surface area contributed by atoms with Crippen LogP contribution in [0.1, 0.15) is 54.6 Å². The molecule has 1 aliphatic rings. The van der Waals surface area contributed by atoms with Crippen molar-refractivity contribution in [2.45, 2.75) is 39.5 Å². The Kier molecular flexibility index (Phi) is 10.1. The number of ether oxygens (including phenoxy) is 3. The average molecular weight is 690 g/mol. The first-order valence-corrected chi connectivity index (χ1v) is 16.9. The molecule has 4 aromatic carbocycles. The lowest BCUT2D eigenvalue weighted by Crippen LogP contribution is -2.40. The standard InChI is InChI=1S/C39H32ClN3O5S/c1-4-46-38(45)34-35(27-8-6-5-7-9-27)42-39-43(36(34)28-14-17-31(18-15-28)48-24(2)3)37(44)33(49-39)21-29-20-30(40)16-19-32(29)47-23-26-12-10-25(22-41)11-13-26/h5-21,24,36H,4,23H2,1-3H3/b33-21-/t36-/m0/s1. The van der Waals surface area contributed by atoms with Crippen molar-refractivity contribution in [1.29, 1.82) is 5.26 Å². The summed E-state index contributed by atoms with van der Waals surface area (Å²) < 4.78 is 19.5. The monoisotopic (exact) mass is 689 g/mol. The molecule has 0 N–H and O–H groups in total. The molecule has 0 fully saturated rings. The van der Waals surface area contributed by atoms with Crippen LogP contribution >= 0.6 is 22.9 Å². The molecule has 8 nitrogen and oxygen atoms in total. The van der Waals surface area contributed by atoms with Crippen molar-refractivity contribution in [3.8, 4) is 17.6 Å². The van der Waals surface area contributed by atoms with Crippen LogP contribution in [0.2, 0.25) is 5.02 Å². The molecule has 0 radical (unpaired) electrons. The van der Waals surface area contributed by atoms with Gasteiger partial charge in [-0.25, -0.2) is 9.79 Å². The average Bonchev–Trinajstić information content (AvgIpc) is 3.42. The van der Waals surface area contributed by atoms with Gasteiger partial charge in [-0.1, -0.05) is 77.5 Å². The SMILES string of the molecule is CCOC(=O)C1=C(c2ccccc2)N=c2s/c(=C\c3cc(Cl)ccc3OCc3ccc(C#N)cc3)c(=O)n2[C@H]1c1ccc(OC(C)C)cc1. The Balaban J connectivity index is 1.51. The molecule has 49 heavy (non-hydrogen) atoms. The molecule has 0 saturated heterocycles. The Bertz CT molecular complexity index is 2250. The quantitative estimate of drug-likeness (QED) is 0.149. The zero-order valence-electron chi connectivity index (χ0n) is 27.1. The van der Waals surface area contributed by atoms with E-state index < -0.39 is 12.0 Å². The summed E-state index contributed by atoms with van der Waals surface area (Å²) in [5, 5.41) is 9.59. The van der Waals surface area contributed by atoms with E-state index in [4.69, 9.17) is 36.1 Å². The van der Waals surface area contributed by atoms with Crippen LogP contribution in [0.25, 0.3) is 11.8 Å². The van der Waals surface area contributed by atoms with Crippen LogP contribution < -0.4 is 24.4 Å². The van der Waals surface area contributed by atoms with Gasteiger partial charge in [-0.05, 0) is 80.4 Å². The molecular formula is C39H32ClN3O5S. The maximum absolute atomic E-state index is 14.4. The summed E-state index contributed by atoms with van der Waals surface area (Å²) in [6.45, 7) is 6.04. The summed E-state index contributed by atoms with van der Waals surface area (Å²) in [6.07, 6.45) is 1.71. The van der Waals surface area contributed by atoms with Crippen LogP contribution in [0.5, 0.6) is 11.5 Å². The van der Waals surface area contributed by atoms with Gasteiger partial charge in [-0.2, -0.15) is 5.26 Å². The number of thiazole rings is 1. The first-order chi connectivity index (χ1) is 23.7. The predicted octanol–water partition coefficient (Wildman–Crippen LogP) is 6.83. The van der Waals surface area contributed by atoms with Crippen LogP contribution in [0.4, 0.5) is 0 Å². The first-order valence-electron chi connectivity index (χ1n) is 15.7. The van der Waals surface area contributed by atoms with Gasteiger partial charge in [0.05, 0.1) is 46.2 Å². The van der Waals surface area contributed by atoms with Crippen LogP contribution in [0.15, 0.2) is 112 Å². The highest BCUT2D eigenvalue weighted by Crippen LogP contribution is 2.36. The number of rotatable bonds is 10. The molecule has 1 atom stereocenters. The lowest BCUT2D eigenvalue weighted by Gasteiger charge is -2.26. The second-order valence-corrected chi connectivity index (χ2v) is 12.9. The van der Waals surface area contributed by atoms with E-state index in [0.717, 1.165) is 11.1 Å². The van der Waals surface area contributed by atoms with Gasteiger partial charge in [0.2, 0.25) is 0 Å². The fraction of sp³-hybridized carbons (Fsp3) is 0.179. The normalized spacial score (nSPS) is 14.2. The van der Waals surface area contributed by atoms with E-state index >= 15 is 0 Å². The number of nitrogens with zero attached hydrogens (tertiary/aromatic N) is 3. The molecule has 246 valence electrons. The van der Waals surface area contributed by atoms with Crippen molar-refractivity contribution >= 4 is 40.7 Å². The van der Waals surface area contributed by atoms with Crippen molar-refractivity contribution in [2.24, 2.45) is 4.99 Å². The minimum absolute atomic E-state index is 0.0207. The van der Waals surface area contributed by atoms with Gasteiger partial charge in [0, 0.05) is 16.1 Å². The molecule has 1 aliphatic heterocycles. The molecule has 0 bridgehead atoms. The second-order valence-electron chi connectivity index (χ2n) is 11.4. The highest BCUT2D eigenvalue weighted by Gasteiger charge is 2.35. The molecule has 0 saturated carbocycles. The zero-order valence-corrected chi connectivity index (χ0v) is 28.6. The minimum atomic E-state index is -0.827. The van der Waals surface area contributed by atoms with Gasteiger partial charge in [0.15, 0.2) is 4.80 Å². The van der Waals surface area contributed by atoms with Crippen molar-refractivity contribution < 1.29 is 19.0 Å². The topological polar surface area (TPSA) is 103 Å². The van der Waals surface area contributed by atoms with Crippen molar-refractivity contribution in [1.82, 2.24) is 4.57 Å². The van der Waals surface area contributed by atoms with Crippen LogP contribution in [-0.2, 0) is 16.1 Å². The van der Waals surface area contributed by atoms with Gasteiger partial charge < -0.3 is 14.2 Å². The Morgan fingerprint density at radius 3 is 2.45 bits per heavy atom. The van der Waals surface area contributed by atoms with Crippen LogP contribution in [-0.4, -0.2) is 23.2 Å². The third kappa shape index (κ3) is 7.36. The molecule has 2 heterocycles. The minimum Gasteiger partial charge on any atom is -0.491 e. The zero-order chi connectivity index (χ0) is 34.5. The molecule has 0 amide bonds. The van der Waals surface area contributed by atoms with Crippen LogP contribution in [0, 0.1) is 11.3 Å². The highest BCUT2D eigenvalue weighted by atomic mass is 35.5. The van der Waals surface area contributed by atoms with Crippen LogP contribution in [0.3, 0.4) is 0 Å². The van der Waals surface area contributed by atoms with Crippen molar-refractivity contribution in [3.63, 3.8) is 0 Å². The molecular weight excluding hydrogens is 658 g/mol. The molecule has 10 heteroatoms. The fourth-order valence-corrected chi connectivity index (χ4v) is 6.67. The fourth-order valence-electron chi connectivity index (χ4n) is 5.50. The van der Waals surface area contributed by atoms with E-state index in [0.29, 0.717) is 48.2 Å². The van der Waals surface area contributed by atoms with Gasteiger partial charge >= 0.3 is 5.97 Å². The summed E-state index contributed by atoms with van der Waals surface area (Å²) in [5.41, 5.74) is 3.84. The molecule has 5 aromatic rings. The summed E-state index contributed by atoms with van der Waals surface area (Å²) in [6, 6.07) is 30.4. The summed E-state index contributed by atoms with van der Waals surface area (Å²) in [4.78, 5) is 33.5. The number of carbonyl (C=O) groups excluding carboxylic acids is 1. The van der Waals surface area contributed by atoms with Gasteiger partial charge in [-0.15, -0.1) is 0 Å². The number of halogens is 1. The van der Waals surface area contributed by atoms with Gasteiger partial charge in [-0.3, -0.25) is 9.36 Å². The number of hydrogen-bond donors (Lipinski definition) is 0. The number of nitriles is 1. The Morgan fingerprint density at radius 2 is 1.78 bits per heavy atom. The number of aromatic nitrogens is 1. The van der Waals surface area contributed by atoms with Gasteiger partial charge in [0.25, 0.3) is 5.56 Å². The maximum atomic E-state index is 14.4. The van der Waals surface area contributed by atoms with E-state index in [1.807, 2.05) is 80.6 Å². The second kappa shape index (κ2) is 14.8. The number of carbonyl (C=O) groups is 1. The van der Waals surface area contributed by atoms with E-state index in [-0.39, 0.29) is 30.5 Å². The molecule has 0 aliphatic carbocycles. The summed E-state index contributed by atoms with van der Waals surface area (Å²) in [5.74, 6) is 0.639. The molecule has 1 aromatic heterocycles. The number of fused-ring (bicyclic) bond motifs is 1.